The van der Waals surface area contributed by atoms with Crippen LogP contribution >= 0.6 is 0 Å². The minimum absolute atomic E-state index is 0.0730. The minimum Gasteiger partial charge on any atom is -0.497 e. The minimum atomic E-state index is -0.0730. The van der Waals surface area contributed by atoms with Crippen molar-refractivity contribution in [3.8, 4) is 5.75 Å². The van der Waals surface area contributed by atoms with Gasteiger partial charge in [-0.25, -0.2) is 0 Å². The molecule has 0 saturated carbocycles. The number of benzene rings is 2. The van der Waals surface area contributed by atoms with Gasteiger partial charge < -0.3 is 14.6 Å². The Balaban J connectivity index is 1.84. The fourth-order valence-corrected chi connectivity index (χ4v) is 4.00. The van der Waals surface area contributed by atoms with Crippen molar-refractivity contribution < 1.29 is 9.53 Å². The molecule has 1 atom stereocenters. The van der Waals surface area contributed by atoms with Crippen LogP contribution < -0.4 is 4.74 Å². The first-order valence-electron chi connectivity index (χ1n) is 9.25. The van der Waals surface area contributed by atoms with E-state index < -0.39 is 0 Å². The van der Waals surface area contributed by atoms with Gasteiger partial charge in [-0.2, -0.15) is 0 Å². The molecule has 1 aromatic heterocycles. The molecule has 1 aliphatic rings. The summed E-state index contributed by atoms with van der Waals surface area (Å²) in [5.74, 6) is 1.05. The molecule has 0 radical (unpaired) electrons. The van der Waals surface area contributed by atoms with Crippen LogP contribution in [0.5, 0.6) is 5.75 Å². The molecule has 1 amide bonds. The van der Waals surface area contributed by atoms with Gasteiger partial charge in [0.25, 0.3) is 0 Å². The Hall–Kier alpha value is -2.75. The number of aromatic amines is 1. The molecule has 1 N–H and O–H groups in total. The first kappa shape index (κ1) is 16.7. The average molecular weight is 348 g/mol. The van der Waals surface area contributed by atoms with Crippen LogP contribution in [0.3, 0.4) is 0 Å². The molecule has 134 valence electrons. The highest BCUT2D eigenvalue weighted by Crippen LogP contribution is 2.39. The molecule has 1 unspecified atom stereocenters. The van der Waals surface area contributed by atoms with Gasteiger partial charge in [-0.3, -0.25) is 4.79 Å². The quantitative estimate of drug-likeness (QED) is 0.757. The number of H-pyrrole nitrogens is 1. The summed E-state index contributed by atoms with van der Waals surface area (Å²) in [6.07, 6.45) is 2.34. The van der Waals surface area contributed by atoms with Crippen molar-refractivity contribution >= 4 is 16.8 Å². The molecule has 2 heterocycles. The smallest absolute Gasteiger partial charge is 0.223 e. The van der Waals surface area contributed by atoms with Crippen molar-refractivity contribution in [3.05, 3.63) is 65.4 Å². The van der Waals surface area contributed by atoms with Crippen LogP contribution in [0, 0.1) is 0 Å². The molecule has 0 aliphatic carbocycles. The van der Waals surface area contributed by atoms with E-state index in [4.69, 9.17) is 4.74 Å². The van der Waals surface area contributed by atoms with E-state index in [1.54, 1.807) is 7.11 Å². The number of nitrogens with one attached hydrogen (secondary N) is 1. The van der Waals surface area contributed by atoms with Gasteiger partial charge in [-0.1, -0.05) is 37.3 Å². The van der Waals surface area contributed by atoms with Crippen LogP contribution in [-0.4, -0.2) is 29.4 Å². The molecule has 4 rings (SSSR count). The molecular formula is C22H24N2O2. The number of carbonyl (C=O) groups excluding carboxylic acids is 1. The monoisotopic (exact) mass is 348 g/mol. The third-order valence-corrected chi connectivity index (χ3v) is 5.25. The number of methoxy groups -OCH3 is 1. The highest BCUT2D eigenvalue weighted by Gasteiger charge is 2.33. The lowest BCUT2D eigenvalue weighted by Crippen LogP contribution is -2.40. The third-order valence-electron chi connectivity index (χ3n) is 5.25. The molecule has 4 heteroatoms. The second-order valence-corrected chi connectivity index (χ2v) is 6.83. The van der Waals surface area contributed by atoms with Crippen LogP contribution in [0.4, 0.5) is 0 Å². The average Bonchev–Trinajstić information content (AvgIpc) is 3.06. The Morgan fingerprint density at radius 3 is 2.69 bits per heavy atom. The highest BCUT2D eigenvalue weighted by molar-refractivity contribution is 5.86. The maximum absolute atomic E-state index is 12.8. The summed E-state index contributed by atoms with van der Waals surface area (Å²) in [5, 5.41) is 1.27. The van der Waals surface area contributed by atoms with Crippen molar-refractivity contribution in [2.75, 3.05) is 13.7 Å². The van der Waals surface area contributed by atoms with Gasteiger partial charge in [0.2, 0.25) is 5.91 Å². The molecule has 0 fully saturated rings. The fraction of sp³-hybridized carbons (Fsp3) is 0.318. The lowest BCUT2D eigenvalue weighted by molar-refractivity contribution is -0.133. The molecule has 0 saturated heterocycles. The second-order valence-electron chi connectivity index (χ2n) is 6.83. The summed E-state index contributed by atoms with van der Waals surface area (Å²) in [5.41, 5.74) is 4.73. The number of carbonyl (C=O) groups is 1. The van der Waals surface area contributed by atoms with E-state index in [0.717, 1.165) is 41.9 Å². The van der Waals surface area contributed by atoms with Crippen molar-refractivity contribution in [1.82, 2.24) is 9.88 Å². The summed E-state index contributed by atoms with van der Waals surface area (Å²) in [6.45, 7) is 2.81. The molecule has 4 nitrogen and oxygen atoms in total. The SMILES string of the molecule is CCCC(=O)N1CCc2c([nH]c3ccccc23)C1c1ccc(OC)cc1. The van der Waals surface area contributed by atoms with Gasteiger partial charge in [0.1, 0.15) is 5.75 Å². The van der Waals surface area contributed by atoms with Gasteiger partial charge in [0.05, 0.1) is 13.2 Å². The number of ether oxygens (including phenoxy) is 1. The van der Waals surface area contributed by atoms with Crippen molar-refractivity contribution in [1.29, 1.82) is 0 Å². The zero-order chi connectivity index (χ0) is 18.1. The van der Waals surface area contributed by atoms with Crippen LogP contribution in [0.15, 0.2) is 48.5 Å². The maximum Gasteiger partial charge on any atom is 0.223 e. The zero-order valence-corrected chi connectivity index (χ0v) is 15.3. The number of hydrogen-bond acceptors (Lipinski definition) is 2. The van der Waals surface area contributed by atoms with Crippen LogP contribution in [0.25, 0.3) is 10.9 Å². The molecule has 2 aromatic carbocycles. The largest absolute Gasteiger partial charge is 0.497 e. The molecule has 0 spiro atoms. The lowest BCUT2D eigenvalue weighted by Gasteiger charge is -2.36. The van der Waals surface area contributed by atoms with E-state index >= 15 is 0 Å². The third kappa shape index (κ3) is 2.75. The topological polar surface area (TPSA) is 45.3 Å². The Labute approximate surface area is 153 Å². The van der Waals surface area contributed by atoms with E-state index in [1.807, 2.05) is 23.1 Å². The predicted octanol–water partition coefficient (Wildman–Crippen LogP) is 4.45. The van der Waals surface area contributed by atoms with E-state index in [0.29, 0.717) is 6.42 Å². The highest BCUT2D eigenvalue weighted by atomic mass is 16.5. The van der Waals surface area contributed by atoms with Gasteiger partial charge in [-0.15, -0.1) is 0 Å². The molecule has 0 bridgehead atoms. The molecular weight excluding hydrogens is 324 g/mol. The zero-order valence-electron chi connectivity index (χ0n) is 15.3. The van der Waals surface area contributed by atoms with Crippen molar-refractivity contribution in [2.24, 2.45) is 0 Å². The summed E-state index contributed by atoms with van der Waals surface area (Å²) >= 11 is 0. The first-order valence-corrected chi connectivity index (χ1v) is 9.25. The van der Waals surface area contributed by atoms with Gasteiger partial charge in [0.15, 0.2) is 0 Å². The molecule has 3 aromatic rings. The van der Waals surface area contributed by atoms with Gasteiger partial charge in [-0.05, 0) is 42.2 Å². The Morgan fingerprint density at radius 1 is 1.19 bits per heavy atom. The number of fused-ring (bicyclic) bond motifs is 3. The number of nitrogens with zero attached hydrogens (tertiary/aromatic N) is 1. The first-order chi connectivity index (χ1) is 12.7. The lowest BCUT2D eigenvalue weighted by atomic mass is 9.92. The number of para-hydroxylation sites is 1. The fourth-order valence-electron chi connectivity index (χ4n) is 4.00. The standard InChI is InChI=1S/C22H24N2O2/c1-3-6-20(25)24-14-13-18-17-7-4-5-8-19(17)23-21(18)22(24)15-9-11-16(26-2)12-10-15/h4-5,7-12,22-23H,3,6,13-14H2,1-2H3. The summed E-state index contributed by atoms with van der Waals surface area (Å²) in [7, 11) is 1.67. The second kappa shape index (κ2) is 6.87. The van der Waals surface area contributed by atoms with E-state index in [2.05, 4.69) is 42.2 Å². The van der Waals surface area contributed by atoms with Crippen LogP contribution in [0.2, 0.25) is 0 Å². The van der Waals surface area contributed by atoms with Crippen LogP contribution in [-0.2, 0) is 11.2 Å². The van der Waals surface area contributed by atoms with E-state index in [-0.39, 0.29) is 11.9 Å². The van der Waals surface area contributed by atoms with Crippen molar-refractivity contribution in [3.63, 3.8) is 0 Å². The van der Waals surface area contributed by atoms with Crippen LogP contribution in [0.1, 0.15) is 42.6 Å². The number of rotatable bonds is 4. The summed E-state index contributed by atoms with van der Waals surface area (Å²) < 4.78 is 5.30. The summed E-state index contributed by atoms with van der Waals surface area (Å²) in [4.78, 5) is 18.4. The molecule has 26 heavy (non-hydrogen) atoms. The molecule has 1 aliphatic heterocycles. The Bertz CT molecular complexity index is 927. The maximum atomic E-state index is 12.8. The number of aromatic nitrogens is 1. The van der Waals surface area contributed by atoms with Gasteiger partial charge >= 0.3 is 0 Å². The van der Waals surface area contributed by atoms with E-state index in [9.17, 15) is 4.79 Å². The van der Waals surface area contributed by atoms with Crippen molar-refractivity contribution in [2.45, 2.75) is 32.2 Å². The number of hydrogen-bond donors (Lipinski definition) is 1. The number of amides is 1. The van der Waals surface area contributed by atoms with Gasteiger partial charge in [0, 0.05) is 29.6 Å². The normalized spacial score (nSPS) is 16.5. The Morgan fingerprint density at radius 2 is 1.96 bits per heavy atom. The Kier molecular flexibility index (Phi) is 4.41. The van der Waals surface area contributed by atoms with E-state index in [1.165, 1.54) is 10.9 Å². The predicted molar refractivity (Wildman–Crippen MR) is 103 cm³/mol. The summed E-state index contributed by atoms with van der Waals surface area (Å²) in [6, 6.07) is 16.4.